The number of aryl methyl sites for hydroxylation is 2. The Labute approximate surface area is 385 Å². The van der Waals surface area contributed by atoms with Crippen molar-refractivity contribution in [1.82, 2.24) is 9.97 Å². The first-order chi connectivity index (χ1) is 30.5. The lowest BCUT2D eigenvalue weighted by Crippen LogP contribution is -2.09. The van der Waals surface area contributed by atoms with Crippen LogP contribution in [0.5, 0.6) is 0 Å². The summed E-state index contributed by atoms with van der Waals surface area (Å²) in [5, 5.41) is 1.36. The van der Waals surface area contributed by atoms with Crippen molar-refractivity contribution in [2.45, 2.75) is 33.4 Å². The van der Waals surface area contributed by atoms with E-state index < -0.39 is 50.3 Å². The van der Waals surface area contributed by atoms with E-state index in [1.165, 1.54) is 22.7 Å². The van der Waals surface area contributed by atoms with Crippen molar-refractivity contribution in [3.05, 3.63) is 108 Å². The van der Waals surface area contributed by atoms with Gasteiger partial charge in [0.2, 0.25) is 0 Å². The number of thiazole rings is 2. The van der Waals surface area contributed by atoms with Crippen LogP contribution in [0.3, 0.4) is 0 Å². The first kappa shape index (κ1) is 49.0. The molecular weight excluding hydrogens is 977 g/mol. The first-order valence-electron chi connectivity index (χ1n) is 18.3. The fourth-order valence-corrected chi connectivity index (χ4v) is 12.4. The molecule has 26 heteroatoms. The summed E-state index contributed by atoms with van der Waals surface area (Å²) in [6, 6.07) is 24.9. The quantitative estimate of drug-likeness (QED) is 0.0611. The molecule has 346 valence electrons. The molecule has 0 radical (unpaired) electrons. The zero-order chi connectivity index (χ0) is 48.8. The highest BCUT2D eigenvalue weighted by Crippen LogP contribution is 2.40. The number of hydrogen-bond acceptors (Lipinski definition) is 18. The third kappa shape index (κ3) is 10.6. The average Bonchev–Trinajstić information content (AvgIpc) is 3.83. The van der Waals surface area contributed by atoms with E-state index in [1.807, 2.05) is 24.3 Å². The van der Waals surface area contributed by atoms with Crippen molar-refractivity contribution in [2.24, 2.45) is 0 Å². The number of fused-ring (bicyclic) bond motifs is 2. The second kappa shape index (κ2) is 18.1. The van der Waals surface area contributed by atoms with Gasteiger partial charge in [0.05, 0.1) is 43.2 Å². The Balaban J connectivity index is 0.000000164. The maximum absolute atomic E-state index is 11.6. The normalized spacial score (nSPS) is 12.0. The molecule has 0 aliphatic heterocycles. The minimum absolute atomic E-state index is 0.0702. The zero-order valence-electron chi connectivity index (χ0n) is 34.1. The molecule has 0 atom stereocenters. The molecular formula is C40H38N8O12S6. The number of anilines is 6. The van der Waals surface area contributed by atoms with Gasteiger partial charge in [-0.2, -0.15) is 33.7 Å². The summed E-state index contributed by atoms with van der Waals surface area (Å²) < 4.78 is 131. The molecule has 8 rings (SSSR count). The van der Waals surface area contributed by atoms with E-state index in [-0.39, 0.29) is 43.7 Å². The van der Waals surface area contributed by atoms with Crippen LogP contribution >= 0.6 is 22.7 Å². The van der Waals surface area contributed by atoms with Crippen LogP contribution in [-0.4, -0.2) is 61.9 Å². The predicted molar refractivity (Wildman–Crippen MR) is 257 cm³/mol. The molecule has 2 aromatic heterocycles. The molecule has 0 saturated carbocycles. The van der Waals surface area contributed by atoms with Crippen molar-refractivity contribution in [3.63, 3.8) is 0 Å². The van der Waals surface area contributed by atoms with E-state index >= 15 is 0 Å². The van der Waals surface area contributed by atoms with Crippen LogP contribution in [0, 0.1) is 13.8 Å². The van der Waals surface area contributed by atoms with Gasteiger partial charge in [-0.3, -0.25) is 18.2 Å². The fourth-order valence-electron chi connectivity index (χ4n) is 6.34. The molecule has 0 saturated heterocycles. The minimum Gasteiger partial charge on any atom is -0.399 e. The van der Waals surface area contributed by atoms with Crippen LogP contribution < -0.4 is 34.4 Å². The zero-order valence-corrected chi connectivity index (χ0v) is 39.0. The molecule has 8 aromatic rings. The van der Waals surface area contributed by atoms with Gasteiger partial charge in [-0.25, -0.2) is 9.97 Å². The maximum Gasteiger partial charge on any atom is 0.296 e. The minimum atomic E-state index is -4.79. The van der Waals surface area contributed by atoms with Gasteiger partial charge in [0.25, 0.3) is 40.5 Å². The molecule has 0 aliphatic carbocycles. The summed E-state index contributed by atoms with van der Waals surface area (Å²) in [5.74, 6) is 0. The smallest absolute Gasteiger partial charge is 0.296 e. The molecule has 0 amide bonds. The van der Waals surface area contributed by atoms with Gasteiger partial charge < -0.3 is 34.4 Å². The summed E-state index contributed by atoms with van der Waals surface area (Å²) in [5.41, 5.74) is 37.6. The van der Waals surface area contributed by atoms with E-state index in [2.05, 4.69) is 9.97 Å². The molecule has 2 heterocycles. The van der Waals surface area contributed by atoms with Crippen LogP contribution in [-0.2, 0) is 40.5 Å². The van der Waals surface area contributed by atoms with Gasteiger partial charge in [-0.1, -0.05) is 12.1 Å². The lowest BCUT2D eigenvalue weighted by atomic mass is 10.0. The number of rotatable bonds is 7. The van der Waals surface area contributed by atoms with Gasteiger partial charge in [-0.05, 0) is 110 Å². The van der Waals surface area contributed by atoms with E-state index in [0.29, 0.717) is 53.0 Å². The largest absolute Gasteiger partial charge is 0.399 e. The average molecular weight is 1020 g/mol. The van der Waals surface area contributed by atoms with Crippen LogP contribution in [0.2, 0.25) is 0 Å². The molecule has 20 nitrogen and oxygen atoms in total. The summed E-state index contributed by atoms with van der Waals surface area (Å²) in [6.45, 7) is 3.29. The lowest BCUT2D eigenvalue weighted by molar-refractivity contribution is 0.480. The Morgan fingerprint density at radius 3 is 1.02 bits per heavy atom. The van der Waals surface area contributed by atoms with E-state index in [9.17, 15) is 51.9 Å². The first-order valence-corrected chi connectivity index (χ1v) is 25.7. The number of nitrogen functional groups attached to an aromatic ring is 6. The third-order valence-electron chi connectivity index (χ3n) is 9.47. The van der Waals surface area contributed by atoms with E-state index in [0.717, 1.165) is 35.4 Å². The molecule has 0 spiro atoms. The second-order valence-electron chi connectivity index (χ2n) is 14.3. The molecule has 16 N–H and O–H groups in total. The Morgan fingerprint density at radius 1 is 0.424 bits per heavy atom. The molecule has 0 fully saturated rings. The number of nitrogens with two attached hydrogens (primary N) is 6. The summed E-state index contributed by atoms with van der Waals surface area (Å²) in [6.07, 6.45) is 0. The molecule has 0 bridgehead atoms. The number of aromatic nitrogens is 2. The molecule has 0 aliphatic rings. The number of benzene rings is 6. The van der Waals surface area contributed by atoms with Crippen LogP contribution in [0.4, 0.5) is 34.1 Å². The Bertz CT molecular complexity index is 3430. The van der Waals surface area contributed by atoms with Crippen molar-refractivity contribution in [2.75, 3.05) is 34.4 Å². The van der Waals surface area contributed by atoms with Crippen molar-refractivity contribution in [3.8, 4) is 32.3 Å². The fraction of sp³-hybridized carbons (Fsp3) is 0.0500. The van der Waals surface area contributed by atoms with Gasteiger partial charge in [-0.15, -0.1) is 22.7 Å². The van der Waals surface area contributed by atoms with E-state index in [4.69, 9.17) is 34.4 Å². The third-order valence-corrected chi connectivity index (χ3v) is 15.9. The summed E-state index contributed by atoms with van der Waals surface area (Å²) in [7, 11) is -18.2. The van der Waals surface area contributed by atoms with Crippen LogP contribution in [0.25, 0.3) is 52.7 Å². The Hall–Kier alpha value is -6.46. The van der Waals surface area contributed by atoms with Crippen molar-refractivity contribution < 1.29 is 51.9 Å². The van der Waals surface area contributed by atoms with Crippen LogP contribution in [0.1, 0.15) is 11.1 Å². The number of nitrogens with zero attached hydrogens (tertiary/aromatic N) is 2. The number of hydrogen-bond donors (Lipinski definition) is 10. The van der Waals surface area contributed by atoms with Gasteiger partial charge in [0, 0.05) is 33.6 Å². The monoisotopic (exact) mass is 1010 g/mol. The lowest BCUT2D eigenvalue weighted by Gasteiger charge is -2.15. The summed E-state index contributed by atoms with van der Waals surface area (Å²) in [4.78, 5) is 7.31. The highest BCUT2D eigenvalue weighted by Gasteiger charge is 2.26. The SMILES string of the molecule is Cc1ccc2nc(-c3ccc(N)cc3)sc2c1S(=O)(=O)O.Cc1ccc2nc(-c3ccc(N)cc3)sc2c1S(=O)(=O)O.Nc1cc(-c2cc(N)c(N)cc2S(=O)(=O)O)c(S(=O)(=O)O)cc1N. The standard InChI is InChI=1S/2C14H12N2O3S2.C12H14N4O6S2/c2*1-8-2-7-11-12(13(8)21(17,18)19)20-14(16-11)9-3-5-10(15)6-4-9;13-7-1-5(11(3-9(7)15)23(17,18)19)6-2-8(14)10(16)4-12(6)24(20,21)22/h2*2-7H,15H2,1H3,(H,17,18,19);1-4H,13-16H2,(H,17,18,19)(H,20,21,22). The van der Waals surface area contributed by atoms with E-state index in [1.54, 1.807) is 62.4 Å². The highest BCUT2D eigenvalue weighted by atomic mass is 32.2. The Kier molecular flexibility index (Phi) is 13.4. The second-order valence-corrected chi connectivity index (χ2v) is 21.8. The topological polar surface area (TPSA) is 399 Å². The van der Waals surface area contributed by atoms with Crippen molar-refractivity contribution in [1.29, 1.82) is 0 Å². The molecule has 6 aromatic carbocycles. The van der Waals surface area contributed by atoms with Crippen molar-refractivity contribution >= 4 is 118 Å². The summed E-state index contributed by atoms with van der Waals surface area (Å²) >= 11 is 2.47. The molecule has 66 heavy (non-hydrogen) atoms. The van der Waals surface area contributed by atoms with Gasteiger partial charge in [0.1, 0.15) is 29.6 Å². The Morgan fingerprint density at radius 2 is 0.727 bits per heavy atom. The highest BCUT2D eigenvalue weighted by molar-refractivity contribution is 7.87. The maximum atomic E-state index is 11.6. The molecule has 0 unspecified atom stereocenters. The van der Waals surface area contributed by atoms with Gasteiger partial charge >= 0.3 is 0 Å². The predicted octanol–water partition coefficient (Wildman–Crippen LogP) is 6.38. The van der Waals surface area contributed by atoms with Gasteiger partial charge in [0.15, 0.2) is 0 Å². The van der Waals surface area contributed by atoms with Crippen LogP contribution in [0.15, 0.2) is 117 Å².